The van der Waals surface area contributed by atoms with Crippen LogP contribution in [0.3, 0.4) is 0 Å². The molecule has 5 nitrogen and oxygen atoms in total. The lowest BCUT2D eigenvalue weighted by atomic mass is 9.98. The minimum absolute atomic E-state index is 0.0559. The normalized spacial score (nSPS) is 19.6. The molecule has 1 aromatic heterocycles. The van der Waals surface area contributed by atoms with Crippen LogP contribution in [0.15, 0.2) is 30.3 Å². The van der Waals surface area contributed by atoms with Gasteiger partial charge in [0.1, 0.15) is 11.3 Å². The highest BCUT2D eigenvalue weighted by atomic mass is 35.5. The number of halogens is 1. The molecule has 0 radical (unpaired) electrons. The van der Waals surface area contributed by atoms with Gasteiger partial charge in [0, 0.05) is 22.9 Å². The van der Waals surface area contributed by atoms with Crippen molar-refractivity contribution in [3.63, 3.8) is 0 Å². The molecule has 2 atom stereocenters. The molecule has 1 aliphatic rings. The molecule has 0 spiro atoms. The zero-order chi connectivity index (χ0) is 20.3. The van der Waals surface area contributed by atoms with E-state index in [-0.39, 0.29) is 17.9 Å². The first-order chi connectivity index (χ1) is 13.2. The van der Waals surface area contributed by atoms with Gasteiger partial charge in [0.05, 0.1) is 5.52 Å². The van der Waals surface area contributed by atoms with Crippen LogP contribution in [0.4, 0.5) is 4.79 Å². The van der Waals surface area contributed by atoms with E-state index in [0.717, 1.165) is 36.6 Å². The summed E-state index contributed by atoms with van der Waals surface area (Å²) in [6.07, 6.45) is 3.73. The van der Waals surface area contributed by atoms with Crippen LogP contribution in [0.25, 0.3) is 10.9 Å². The average Bonchev–Trinajstić information content (AvgIpc) is 3.04. The van der Waals surface area contributed by atoms with E-state index in [9.17, 15) is 9.59 Å². The number of ketones is 1. The topological polar surface area (TPSA) is 68.3 Å². The van der Waals surface area contributed by atoms with Gasteiger partial charge in [-0.2, -0.15) is 0 Å². The lowest BCUT2D eigenvalue weighted by Gasteiger charge is -2.21. The van der Waals surface area contributed by atoms with Crippen molar-refractivity contribution in [2.24, 2.45) is 5.92 Å². The largest absolute Gasteiger partial charge is 0.444 e. The highest BCUT2D eigenvalue weighted by Gasteiger charge is 2.28. The molecule has 1 aliphatic carbocycles. The molecule has 1 aromatic carbocycles. The molecule has 2 aromatic rings. The maximum absolute atomic E-state index is 12.5. The monoisotopic (exact) mass is 402 g/mol. The van der Waals surface area contributed by atoms with Crippen LogP contribution in [0.1, 0.15) is 63.4 Å². The number of carbonyl (C=O) groups excluding carboxylic acids is 2. The van der Waals surface area contributed by atoms with Crippen LogP contribution >= 0.6 is 11.6 Å². The van der Waals surface area contributed by atoms with Gasteiger partial charge in [0.25, 0.3) is 0 Å². The number of hydrogen-bond donors (Lipinski definition) is 1. The van der Waals surface area contributed by atoms with Crippen LogP contribution in [-0.2, 0) is 4.74 Å². The fourth-order valence-electron chi connectivity index (χ4n) is 3.66. The summed E-state index contributed by atoms with van der Waals surface area (Å²) in [6.45, 7) is 5.56. The molecule has 28 heavy (non-hydrogen) atoms. The number of nitrogens with one attached hydrogen (secondary N) is 1. The fourth-order valence-corrected chi connectivity index (χ4v) is 3.84. The number of hydrogen-bond acceptors (Lipinski definition) is 4. The number of benzene rings is 1. The molecule has 0 aliphatic heterocycles. The summed E-state index contributed by atoms with van der Waals surface area (Å²) in [4.78, 5) is 28.9. The number of ether oxygens (including phenoxy) is 1. The maximum atomic E-state index is 12.5. The predicted molar refractivity (Wildman–Crippen MR) is 111 cm³/mol. The Morgan fingerprint density at radius 3 is 2.75 bits per heavy atom. The molecule has 0 saturated heterocycles. The zero-order valence-electron chi connectivity index (χ0n) is 16.6. The number of pyridine rings is 1. The van der Waals surface area contributed by atoms with Crippen molar-refractivity contribution >= 4 is 34.4 Å². The van der Waals surface area contributed by atoms with E-state index >= 15 is 0 Å². The first kappa shape index (κ1) is 20.6. The molecule has 3 rings (SSSR count). The second-order valence-corrected chi connectivity index (χ2v) is 8.95. The standard InChI is InChI=1S/C22H27ClN2O3/c1-22(2,3)28-21(27)24-17-8-4-14(12-17)5-11-20(26)19-9-6-15-13-16(23)7-10-18(15)25-19/h6-7,9-10,13-14,17H,4-5,8,11-12H2,1-3H3,(H,24,27). The first-order valence-electron chi connectivity index (χ1n) is 9.78. The van der Waals surface area contributed by atoms with Gasteiger partial charge in [-0.25, -0.2) is 9.78 Å². The van der Waals surface area contributed by atoms with Crippen LogP contribution in [0, 0.1) is 5.92 Å². The van der Waals surface area contributed by atoms with Gasteiger partial charge in [0.2, 0.25) is 0 Å². The third-order valence-corrected chi connectivity index (χ3v) is 5.21. The van der Waals surface area contributed by atoms with Crippen LogP contribution < -0.4 is 5.32 Å². The molecule has 6 heteroatoms. The number of amides is 1. The molecule has 150 valence electrons. The number of carbonyl (C=O) groups is 2. The Labute approximate surface area is 170 Å². The van der Waals surface area contributed by atoms with E-state index in [4.69, 9.17) is 16.3 Å². The number of aromatic nitrogens is 1. The Bertz CT molecular complexity index is 876. The van der Waals surface area contributed by atoms with Gasteiger partial charge in [-0.1, -0.05) is 17.7 Å². The van der Waals surface area contributed by atoms with Gasteiger partial charge in [-0.3, -0.25) is 4.79 Å². The summed E-state index contributed by atoms with van der Waals surface area (Å²) in [5.41, 5.74) is 0.779. The van der Waals surface area contributed by atoms with E-state index < -0.39 is 5.60 Å². The molecule has 1 fully saturated rings. The Balaban J connectivity index is 1.49. The van der Waals surface area contributed by atoms with Crippen molar-refractivity contribution in [3.05, 3.63) is 41.0 Å². The minimum atomic E-state index is -0.493. The molecular formula is C22H27ClN2O3. The van der Waals surface area contributed by atoms with E-state index in [1.54, 1.807) is 12.1 Å². The Hall–Kier alpha value is -2.14. The molecule has 1 saturated carbocycles. The number of fused-ring (bicyclic) bond motifs is 1. The molecule has 0 bridgehead atoms. The quantitative estimate of drug-likeness (QED) is 0.666. The Morgan fingerprint density at radius 2 is 2.00 bits per heavy atom. The second kappa shape index (κ2) is 8.48. The van der Waals surface area contributed by atoms with Crippen LogP contribution in [0.2, 0.25) is 5.02 Å². The van der Waals surface area contributed by atoms with Crippen molar-refractivity contribution < 1.29 is 14.3 Å². The summed E-state index contributed by atoms with van der Waals surface area (Å²) in [6, 6.07) is 9.23. The second-order valence-electron chi connectivity index (χ2n) is 8.52. The van der Waals surface area contributed by atoms with Gasteiger partial charge >= 0.3 is 6.09 Å². The van der Waals surface area contributed by atoms with E-state index in [1.807, 2.05) is 39.0 Å². The van der Waals surface area contributed by atoms with Crippen molar-refractivity contribution in [2.45, 2.75) is 64.5 Å². The summed E-state index contributed by atoms with van der Waals surface area (Å²) >= 11 is 5.99. The average molecular weight is 403 g/mol. The van der Waals surface area contributed by atoms with Gasteiger partial charge in [-0.15, -0.1) is 0 Å². The Morgan fingerprint density at radius 1 is 1.21 bits per heavy atom. The predicted octanol–water partition coefficient (Wildman–Crippen LogP) is 5.54. The van der Waals surface area contributed by atoms with Crippen molar-refractivity contribution in [3.8, 4) is 0 Å². The summed E-state index contributed by atoms with van der Waals surface area (Å²) in [5.74, 6) is 0.489. The molecule has 2 unspecified atom stereocenters. The zero-order valence-corrected chi connectivity index (χ0v) is 17.4. The number of rotatable bonds is 5. The Kier molecular flexibility index (Phi) is 6.23. The lowest BCUT2D eigenvalue weighted by molar-refractivity contribution is 0.0504. The lowest BCUT2D eigenvalue weighted by Crippen LogP contribution is -2.37. The number of alkyl carbamates (subject to hydrolysis) is 1. The van der Waals surface area contributed by atoms with Crippen LogP contribution in [-0.4, -0.2) is 28.5 Å². The van der Waals surface area contributed by atoms with E-state index in [0.29, 0.717) is 23.1 Å². The smallest absolute Gasteiger partial charge is 0.407 e. The first-order valence-corrected chi connectivity index (χ1v) is 10.2. The SMILES string of the molecule is CC(C)(C)OC(=O)NC1CCC(CCC(=O)c2ccc3cc(Cl)ccc3n2)C1. The van der Waals surface area contributed by atoms with Gasteiger partial charge in [0.15, 0.2) is 5.78 Å². The number of Topliss-reactive ketones (excluding diaryl/α,β-unsaturated/α-hetero) is 1. The molecule has 1 N–H and O–H groups in total. The molecule has 1 heterocycles. The number of nitrogens with zero attached hydrogens (tertiary/aromatic N) is 1. The third-order valence-electron chi connectivity index (χ3n) is 4.98. The summed E-state index contributed by atoms with van der Waals surface area (Å²) in [7, 11) is 0. The van der Waals surface area contributed by atoms with Crippen molar-refractivity contribution in [1.29, 1.82) is 0 Å². The van der Waals surface area contributed by atoms with Gasteiger partial charge < -0.3 is 10.1 Å². The van der Waals surface area contributed by atoms with Crippen molar-refractivity contribution in [1.82, 2.24) is 10.3 Å². The summed E-state index contributed by atoms with van der Waals surface area (Å²) in [5, 5.41) is 4.52. The molecular weight excluding hydrogens is 376 g/mol. The third kappa shape index (κ3) is 5.68. The maximum Gasteiger partial charge on any atom is 0.407 e. The molecule has 1 amide bonds. The summed E-state index contributed by atoms with van der Waals surface area (Å²) < 4.78 is 5.31. The highest BCUT2D eigenvalue weighted by Crippen LogP contribution is 2.30. The highest BCUT2D eigenvalue weighted by molar-refractivity contribution is 6.31. The van der Waals surface area contributed by atoms with Crippen molar-refractivity contribution in [2.75, 3.05) is 0 Å². The van der Waals surface area contributed by atoms with Crippen LogP contribution in [0.5, 0.6) is 0 Å². The fraction of sp³-hybridized carbons (Fsp3) is 0.500. The van der Waals surface area contributed by atoms with Gasteiger partial charge in [-0.05, 0) is 76.6 Å². The minimum Gasteiger partial charge on any atom is -0.444 e. The van der Waals surface area contributed by atoms with E-state index in [1.165, 1.54) is 0 Å². The van der Waals surface area contributed by atoms with E-state index in [2.05, 4.69) is 10.3 Å².